The summed E-state index contributed by atoms with van der Waals surface area (Å²) < 4.78 is 0. The van der Waals surface area contributed by atoms with E-state index in [1.54, 1.807) is 27.8 Å². The van der Waals surface area contributed by atoms with Crippen LogP contribution in [0.4, 0.5) is 9.59 Å². The Morgan fingerprint density at radius 3 is 1.87 bits per heavy atom. The molecule has 1 aromatic rings. The lowest BCUT2D eigenvalue weighted by molar-refractivity contribution is -0.120. The number of thioether (sulfide) groups is 2. The Balaban J connectivity index is 0.000000215. The topological polar surface area (TPSA) is 129 Å². The van der Waals surface area contributed by atoms with Crippen LogP contribution in [0.15, 0.2) is 29.4 Å². The van der Waals surface area contributed by atoms with Gasteiger partial charge in [0.2, 0.25) is 0 Å². The lowest BCUT2D eigenvalue weighted by atomic mass is 10.0. The first-order valence-corrected chi connectivity index (χ1v) is 21.0. The van der Waals surface area contributed by atoms with Gasteiger partial charge in [-0.3, -0.25) is 9.59 Å². The molecule has 0 saturated carbocycles. The Labute approximate surface area is 284 Å². The van der Waals surface area contributed by atoms with Crippen molar-refractivity contribution < 1.29 is 19.2 Å². The third-order valence-electron chi connectivity index (χ3n) is 8.54. The number of hydrogen-bond acceptors (Lipinski definition) is 9. The summed E-state index contributed by atoms with van der Waals surface area (Å²) in [7, 11) is 3.43. The summed E-state index contributed by atoms with van der Waals surface area (Å²) in [6.45, 7) is 2.12. The van der Waals surface area contributed by atoms with E-state index >= 15 is 0 Å². The van der Waals surface area contributed by atoms with E-state index in [0.29, 0.717) is 53.0 Å². The molecule has 1 aromatic heterocycles. The zero-order valence-corrected chi connectivity index (χ0v) is 29.6. The number of hydrogen-bond donors (Lipinski definition) is 4. The first-order chi connectivity index (χ1) is 21.9. The summed E-state index contributed by atoms with van der Waals surface area (Å²) in [5, 5.41) is 14.0. The van der Waals surface area contributed by atoms with Gasteiger partial charge in [0.15, 0.2) is 0 Å². The maximum atomic E-state index is 12.0. The number of ketones is 2. The van der Waals surface area contributed by atoms with Gasteiger partial charge in [-0.15, -0.1) is 0 Å². The Bertz CT molecular complexity index is 1100. The van der Waals surface area contributed by atoms with Gasteiger partial charge in [-0.1, -0.05) is 43.0 Å². The number of carbonyl (C=O) groups excluding carboxylic acids is 4. The van der Waals surface area contributed by atoms with Gasteiger partial charge in [-0.2, -0.15) is 23.5 Å². The van der Waals surface area contributed by atoms with Gasteiger partial charge in [-0.05, 0) is 61.5 Å². The average Bonchev–Trinajstić information content (AvgIpc) is 3.79. The van der Waals surface area contributed by atoms with Gasteiger partial charge in [0.1, 0.15) is 16.6 Å². The number of pyridine rings is 1. The second-order valence-corrected chi connectivity index (χ2v) is 17.1. The van der Waals surface area contributed by atoms with Gasteiger partial charge >= 0.3 is 12.1 Å². The van der Waals surface area contributed by atoms with Crippen LogP contribution in [-0.4, -0.2) is 80.5 Å². The molecule has 4 aliphatic rings. The fraction of sp³-hybridized carbons (Fsp3) is 0.719. The highest BCUT2D eigenvalue weighted by Crippen LogP contribution is 2.34. The molecule has 13 heteroatoms. The second-order valence-electron chi connectivity index (χ2n) is 12.1. The first-order valence-electron chi connectivity index (χ1n) is 16.5. The van der Waals surface area contributed by atoms with E-state index in [0.717, 1.165) is 92.9 Å². The molecule has 5 heterocycles. The number of nitrogens with one attached hydrogen (secondary N) is 4. The quantitative estimate of drug-likeness (QED) is 0.0742. The van der Waals surface area contributed by atoms with Crippen LogP contribution < -0.4 is 21.3 Å². The summed E-state index contributed by atoms with van der Waals surface area (Å²) in [5.74, 6) is 3.78. The minimum atomic E-state index is -0.0282. The predicted octanol–water partition coefficient (Wildman–Crippen LogP) is 6.37. The van der Waals surface area contributed by atoms with Crippen molar-refractivity contribution in [3.63, 3.8) is 0 Å². The van der Waals surface area contributed by atoms with Crippen molar-refractivity contribution in [3.8, 4) is 0 Å². The molecule has 4 amide bonds. The van der Waals surface area contributed by atoms with Gasteiger partial charge in [0.05, 0.1) is 24.2 Å². The molecule has 0 aliphatic carbocycles. The Kier molecular flexibility index (Phi) is 16.1. The maximum Gasteiger partial charge on any atom is 0.315 e. The van der Waals surface area contributed by atoms with Crippen molar-refractivity contribution in [2.75, 3.05) is 17.3 Å². The number of Topliss-reactive ketones (excluding diaryl/α,β-unsaturated/α-hetero) is 2. The van der Waals surface area contributed by atoms with Gasteiger partial charge < -0.3 is 21.3 Å². The van der Waals surface area contributed by atoms with Gasteiger partial charge in [-0.25, -0.2) is 14.6 Å². The number of unbranched alkanes of at least 4 members (excludes halogenated alkanes) is 3. The van der Waals surface area contributed by atoms with Crippen LogP contribution >= 0.6 is 45.1 Å². The molecule has 6 atom stereocenters. The fourth-order valence-corrected chi connectivity index (χ4v) is 11.1. The minimum absolute atomic E-state index is 0.0185. The summed E-state index contributed by atoms with van der Waals surface area (Å²) in [5.41, 5.74) is 0. The maximum absolute atomic E-state index is 12.0. The lowest BCUT2D eigenvalue weighted by Crippen LogP contribution is -2.36. The van der Waals surface area contributed by atoms with Gasteiger partial charge in [0, 0.05) is 59.6 Å². The molecule has 0 aromatic carbocycles. The number of rotatable bonds is 19. The van der Waals surface area contributed by atoms with Crippen molar-refractivity contribution in [2.24, 2.45) is 0 Å². The average molecular weight is 696 g/mol. The number of fused-ring (bicyclic) bond motifs is 2. The molecule has 4 aliphatic heterocycles. The summed E-state index contributed by atoms with van der Waals surface area (Å²) in [4.78, 5) is 50.4. The summed E-state index contributed by atoms with van der Waals surface area (Å²) in [6, 6.07) is 7.04. The SMILES string of the molecule is CCCCC(=O)CCCCC1SCC2NC(=O)NC21.O=C(CCCCC1SCC2NC(=O)NC21)CCCSSc1ccccn1. The molecule has 0 bridgehead atoms. The first kappa shape index (κ1) is 36.3. The number of nitrogens with zero attached hydrogens (tertiary/aromatic N) is 1. The monoisotopic (exact) mass is 695 g/mol. The molecular formula is C32H49N5O4S4. The molecule has 9 nitrogen and oxygen atoms in total. The third-order valence-corrected chi connectivity index (χ3v) is 13.9. The van der Waals surface area contributed by atoms with Crippen LogP contribution in [0.3, 0.4) is 0 Å². The van der Waals surface area contributed by atoms with E-state index < -0.39 is 0 Å². The minimum Gasteiger partial charge on any atom is -0.332 e. The van der Waals surface area contributed by atoms with E-state index in [1.807, 2.05) is 41.7 Å². The Morgan fingerprint density at radius 1 is 0.778 bits per heavy atom. The zero-order chi connectivity index (χ0) is 31.9. The summed E-state index contributed by atoms with van der Waals surface area (Å²) >= 11 is 3.89. The largest absolute Gasteiger partial charge is 0.332 e. The molecule has 250 valence electrons. The summed E-state index contributed by atoms with van der Waals surface area (Å²) in [6.07, 6.45) is 14.0. The van der Waals surface area contributed by atoms with Crippen molar-refractivity contribution in [1.29, 1.82) is 0 Å². The molecule has 5 rings (SSSR count). The van der Waals surface area contributed by atoms with Gasteiger partial charge in [0.25, 0.3) is 0 Å². The number of urea groups is 2. The van der Waals surface area contributed by atoms with Crippen LogP contribution in [0.25, 0.3) is 0 Å². The van der Waals surface area contributed by atoms with E-state index in [2.05, 4.69) is 33.2 Å². The molecule has 45 heavy (non-hydrogen) atoms. The highest BCUT2D eigenvalue weighted by molar-refractivity contribution is 8.76. The Morgan fingerprint density at radius 2 is 1.33 bits per heavy atom. The third kappa shape index (κ3) is 12.5. The van der Waals surface area contributed by atoms with Crippen molar-refractivity contribution in [2.45, 2.75) is 130 Å². The molecular weight excluding hydrogens is 647 g/mol. The van der Waals surface area contributed by atoms with E-state index in [4.69, 9.17) is 0 Å². The fourth-order valence-electron chi connectivity index (χ4n) is 6.07. The molecule has 0 spiro atoms. The second kappa shape index (κ2) is 19.9. The van der Waals surface area contributed by atoms with Crippen LogP contribution in [0.2, 0.25) is 0 Å². The smallest absolute Gasteiger partial charge is 0.315 e. The molecule has 4 fully saturated rings. The molecule has 4 N–H and O–H groups in total. The van der Waals surface area contributed by atoms with Crippen molar-refractivity contribution in [3.05, 3.63) is 24.4 Å². The number of aromatic nitrogens is 1. The van der Waals surface area contributed by atoms with Crippen LogP contribution in [0.5, 0.6) is 0 Å². The predicted molar refractivity (Wildman–Crippen MR) is 189 cm³/mol. The standard InChI is InChI=1S/C18H25N3O2S3.C14H24N2O2S/c22-13(7-5-11-25-26-16-9-3-4-10-19-16)6-1-2-8-15-17-14(12-24-15)20-18(23)21-17;1-2-3-6-10(17)7-4-5-8-12-13-11(9-19-12)15-14(18)16-13/h3-4,9-10,14-15,17H,1-2,5-8,11-12H2,(H2,20,21,23);11-13H,2-9H2,1H3,(H2,15,16,18). The Hall–Kier alpha value is -1.57. The highest BCUT2D eigenvalue weighted by Gasteiger charge is 2.43. The molecule has 0 radical (unpaired) electrons. The van der Waals surface area contributed by atoms with Crippen molar-refractivity contribution in [1.82, 2.24) is 26.3 Å². The van der Waals surface area contributed by atoms with E-state index in [9.17, 15) is 19.2 Å². The van der Waals surface area contributed by atoms with Crippen LogP contribution in [0.1, 0.15) is 90.4 Å². The van der Waals surface area contributed by atoms with Crippen LogP contribution in [0, 0.1) is 0 Å². The highest BCUT2D eigenvalue weighted by atomic mass is 33.1. The lowest BCUT2D eigenvalue weighted by Gasteiger charge is -2.16. The number of carbonyl (C=O) groups is 4. The zero-order valence-electron chi connectivity index (χ0n) is 26.3. The number of amides is 4. The van der Waals surface area contributed by atoms with Crippen molar-refractivity contribution >= 4 is 68.7 Å². The van der Waals surface area contributed by atoms with E-state index in [1.165, 1.54) is 0 Å². The normalized spacial score (nSPS) is 26.2. The molecule has 4 saturated heterocycles. The van der Waals surface area contributed by atoms with Crippen LogP contribution in [-0.2, 0) is 9.59 Å². The van der Waals surface area contributed by atoms with E-state index in [-0.39, 0.29) is 18.1 Å². The molecule has 6 unspecified atom stereocenters.